The Kier molecular flexibility index (Phi) is 8.00. The molecule has 2 aromatic heterocycles. The van der Waals surface area contributed by atoms with E-state index in [2.05, 4.69) is 4.98 Å². The molecule has 0 aliphatic carbocycles. The van der Waals surface area contributed by atoms with Gasteiger partial charge < -0.3 is 28.3 Å². The van der Waals surface area contributed by atoms with E-state index in [1.54, 1.807) is 12.1 Å². The maximum Gasteiger partial charge on any atom is 0.303 e. The lowest BCUT2D eigenvalue weighted by atomic mass is 9.97. The van der Waals surface area contributed by atoms with E-state index in [-0.39, 0.29) is 11.2 Å². The van der Waals surface area contributed by atoms with Gasteiger partial charge in [-0.25, -0.2) is 4.98 Å². The molecule has 212 valence electrons. The number of imide groups is 1. The largest absolute Gasteiger partial charge is 0.463 e. The van der Waals surface area contributed by atoms with E-state index in [0.717, 1.165) is 25.7 Å². The summed E-state index contributed by atoms with van der Waals surface area (Å²) in [5.41, 5.74) is 0.725. The standard InChI is InChI=1S/C26H27N3O11/c1-12(30)36-11-19-21(37-13(2)31)22(38-14(3)32)23(39-15(4)33)26(40-19)29-10-18(16-7-6-8-27-24(16)29)17-9-20(34)28(5)25(17)35/h6-10,19,21-23,26H,11H2,1-5H3/t19-,21-,22+,23-,26?/m1/s1. The van der Waals surface area contributed by atoms with Gasteiger partial charge in [0.05, 0.1) is 5.57 Å². The van der Waals surface area contributed by atoms with Crippen LogP contribution in [-0.2, 0) is 52.5 Å². The van der Waals surface area contributed by atoms with Crippen molar-refractivity contribution < 1.29 is 52.5 Å². The van der Waals surface area contributed by atoms with Gasteiger partial charge in [-0.2, -0.15) is 0 Å². The summed E-state index contributed by atoms with van der Waals surface area (Å²) < 4.78 is 29.3. The summed E-state index contributed by atoms with van der Waals surface area (Å²) >= 11 is 0. The summed E-state index contributed by atoms with van der Waals surface area (Å²) in [5.74, 6) is -3.98. The van der Waals surface area contributed by atoms with Gasteiger partial charge in [0.2, 0.25) is 0 Å². The number of nitrogens with zero attached hydrogens (tertiary/aromatic N) is 3. The van der Waals surface area contributed by atoms with Crippen LogP contribution in [0.1, 0.15) is 39.5 Å². The summed E-state index contributed by atoms with van der Waals surface area (Å²) in [5, 5.41) is 0.470. The van der Waals surface area contributed by atoms with Crippen molar-refractivity contribution in [2.45, 2.75) is 58.3 Å². The van der Waals surface area contributed by atoms with Crippen molar-refractivity contribution in [3.05, 3.63) is 36.2 Å². The first kappa shape index (κ1) is 28.4. The second-order valence-corrected chi connectivity index (χ2v) is 9.17. The zero-order valence-corrected chi connectivity index (χ0v) is 22.3. The summed E-state index contributed by atoms with van der Waals surface area (Å²) in [7, 11) is 1.35. The number of pyridine rings is 1. The molecule has 2 aromatic rings. The predicted molar refractivity (Wildman–Crippen MR) is 133 cm³/mol. The Morgan fingerprint density at radius 2 is 1.55 bits per heavy atom. The summed E-state index contributed by atoms with van der Waals surface area (Å²) in [6.45, 7) is 4.15. The molecule has 40 heavy (non-hydrogen) atoms. The van der Waals surface area contributed by atoms with Crippen LogP contribution in [-0.4, -0.2) is 88.2 Å². The van der Waals surface area contributed by atoms with Crippen molar-refractivity contribution in [2.75, 3.05) is 13.7 Å². The molecule has 2 aliphatic heterocycles. The van der Waals surface area contributed by atoms with E-state index in [0.29, 0.717) is 10.9 Å². The number of likely N-dealkylation sites (N-methyl/N-ethyl adjacent to an activating group) is 1. The minimum absolute atomic E-state index is 0.106. The van der Waals surface area contributed by atoms with Gasteiger partial charge in [0.15, 0.2) is 24.5 Å². The summed E-state index contributed by atoms with van der Waals surface area (Å²) in [6.07, 6.45) is -2.40. The maximum absolute atomic E-state index is 12.8. The Morgan fingerprint density at radius 3 is 2.12 bits per heavy atom. The Hall–Kier alpha value is -4.59. The van der Waals surface area contributed by atoms with Crippen molar-refractivity contribution in [3.8, 4) is 0 Å². The molecule has 0 aromatic carbocycles. The van der Waals surface area contributed by atoms with Crippen molar-refractivity contribution in [1.82, 2.24) is 14.5 Å². The molecule has 1 saturated heterocycles. The van der Waals surface area contributed by atoms with Crippen LogP contribution in [0, 0.1) is 0 Å². The first-order valence-corrected chi connectivity index (χ1v) is 12.2. The van der Waals surface area contributed by atoms with Crippen LogP contribution in [0.2, 0.25) is 0 Å². The number of ether oxygens (including phenoxy) is 5. The van der Waals surface area contributed by atoms with E-state index in [4.69, 9.17) is 23.7 Å². The molecule has 14 nitrogen and oxygen atoms in total. The monoisotopic (exact) mass is 557 g/mol. The van der Waals surface area contributed by atoms with Gasteiger partial charge in [-0.15, -0.1) is 0 Å². The molecule has 0 N–H and O–H groups in total. The fourth-order valence-corrected chi connectivity index (χ4v) is 4.68. The van der Waals surface area contributed by atoms with Gasteiger partial charge in [0, 0.05) is 64.2 Å². The Bertz CT molecular complexity index is 1430. The van der Waals surface area contributed by atoms with E-state index in [9.17, 15) is 28.8 Å². The fraction of sp³-hybridized carbons (Fsp3) is 0.423. The van der Waals surface area contributed by atoms with Crippen molar-refractivity contribution in [3.63, 3.8) is 0 Å². The third kappa shape index (κ3) is 5.57. The molecule has 14 heteroatoms. The molecule has 4 rings (SSSR count). The zero-order valence-electron chi connectivity index (χ0n) is 22.3. The van der Waals surface area contributed by atoms with Gasteiger partial charge in [-0.1, -0.05) is 0 Å². The second kappa shape index (κ2) is 11.3. The highest BCUT2D eigenvalue weighted by molar-refractivity contribution is 6.34. The maximum atomic E-state index is 12.8. The van der Waals surface area contributed by atoms with Gasteiger partial charge in [-0.3, -0.25) is 33.7 Å². The highest BCUT2D eigenvalue weighted by Crippen LogP contribution is 2.39. The Balaban J connectivity index is 1.90. The molecule has 5 atom stereocenters. The van der Waals surface area contributed by atoms with Crippen molar-refractivity contribution in [2.24, 2.45) is 0 Å². The number of amides is 2. The van der Waals surface area contributed by atoms with Crippen LogP contribution < -0.4 is 0 Å². The topological polar surface area (TPSA) is 170 Å². The van der Waals surface area contributed by atoms with Crippen molar-refractivity contribution in [1.29, 1.82) is 0 Å². The molecule has 1 unspecified atom stereocenters. The molecule has 1 fully saturated rings. The SMILES string of the molecule is CC(=O)OC[C@H]1OC(n2cc(C3=CC(=O)N(C)C3=O)c3cccnc32)[C@H](OC(C)=O)[C@@H](OC(C)=O)[C@@H]1OC(C)=O. The van der Waals surface area contributed by atoms with Gasteiger partial charge in [0.1, 0.15) is 18.4 Å². The third-order valence-electron chi connectivity index (χ3n) is 6.25. The minimum atomic E-state index is -1.39. The van der Waals surface area contributed by atoms with Crippen LogP contribution in [0.15, 0.2) is 30.6 Å². The lowest BCUT2D eigenvalue weighted by molar-refractivity contribution is -0.267. The van der Waals surface area contributed by atoms with Crippen LogP contribution in [0.25, 0.3) is 16.6 Å². The average molecular weight is 558 g/mol. The Morgan fingerprint density at radius 1 is 0.925 bits per heavy atom. The van der Waals surface area contributed by atoms with Gasteiger partial charge >= 0.3 is 23.9 Å². The predicted octanol–water partition coefficient (Wildman–Crippen LogP) is 0.674. The molecular weight excluding hydrogens is 530 g/mol. The Labute approximate surface area is 227 Å². The van der Waals surface area contributed by atoms with Crippen molar-refractivity contribution >= 4 is 52.3 Å². The lowest BCUT2D eigenvalue weighted by Gasteiger charge is -2.44. The number of hydrogen-bond acceptors (Lipinski definition) is 12. The minimum Gasteiger partial charge on any atom is -0.463 e. The molecule has 0 bridgehead atoms. The number of hydrogen-bond donors (Lipinski definition) is 0. The first-order valence-electron chi connectivity index (χ1n) is 12.2. The average Bonchev–Trinajstić information content (AvgIpc) is 3.37. The number of carbonyl (C=O) groups is 6. The van der Waals surface area contributed by atoms with E-state index in [1.807, 2.05) is 0 Å². The molecule has 2 aliphatic rings. The number of aromatic nitrogens is 2. The number of carbonyl (C=O) groups excluding carboxylic acids is 6. The van der Waals surface area contributed by atoms with E-state index < -0.39 is 72.9 Å². The molecule has 0 spiro atoms. The second-order valence-electron chi connectivity index (χ2n) is 9.17. The van der Waals surface area contributed by atoms with Gasteiger partial charge in [0.25, 0.3) is 11.8 Å². The molecule has 2 amide bonds. The zero-order chi connectivity index (χ0) is 29.3. The highest BCUT2D eigenvalue weighted by Gasteiger charge is 2.53. The van der Waals surface area contributed by atoms with Crippen LogP contribution in [0.5, 0.6) is 0 Å². The molecule has 0 saturated carbocycles. The summed E-state index contributed by atoms with van der Waals surface area (Å²) in [6, 6.07) is 3.31. The highest BCUT2D eigenvalue weighted by atomic mass is 16.7. The summed E-state index contributed by atoms with van der Waals surface area (Å²) in [4.78, 5) is 78.4. The van der Waals surface area contributed by atoms with E-state index in [1.165, 1.54) is 37.0 Å². The first-order chi connectivity index (χ1) is 18.9. The lowest BCUT2D eigenvalue weighted by Crippen LogP contribution is -2.60. The number of rotatable bonds is 7. The fourth-order valence-electron chi connectivity index (χ4n) is 4.68. The van der Waals surface area contributed by atoms with Gasteiger partial charge in [-0.05, 0) is 12.1 Å². The molecule has 4 heterocycles. The molecular formula is C26H27N3O11. The quantitative estimate of drug-likeness (QED) is 0.265. The number of fused-ring (bicyclic) bond motifs is 1. The van der Waals surface area contributed by atoms with Crippen LogP contribution in [0.3, 0.4) is 0 Å². The van der Waals surface area contributed by atoms with E-state index >= 15 is 0 Å². The normalized spacial score (nSPS) is 24.5. The molecule has 0 radical (unpaired) electrons. The smallest absolute Gasteiger partial charge is 0.303 e. The van der Waals surface area contributed by atoms with Crippen LogP contribution >= 0.6 is 0 Å². The number of esters is 4. The van der Waals surface area contributed by atoms with Crippen LogP contribution in [0.4, 0.5) is 0 Å². The third-order valence-corrected chi connectivity index (χ3v) is 6.25.